The molecule has 1 aliphatic rings. The normalized spacial score (nSPS) is 16.0. The highest BCUT2D eigenvalue weighted by atomic mass is 32.2. The number of halogens is 1. The first-order chi connectivity index (χ1) is 17.5. The van der Waals surface area contributed by atoms with Crippen molar-refractivity contribution in [3.05, 3.63) is 106 Å². The van der Waals surface area contributed by atoms with Crippen molar-refractivity contribution in [2.45, 2.75) is 31.9 Å². The van der Waals surface area contributed by atoms with E-state index in [0.29, 0.717) is 28.4 Å². The Hall–Kier alpha value is -3.71. The van der Waals surface area contributed by atoms with Crippen molar-refractivity contribution in [2.24, 2.45) is 0 Å². The molecule has 1 heterocycles. The number of carbonyl (C=O) groups excluding carboxylic acids is 1. The first-order valence-corrected chi connectivity index (χ1v) is 12.6. The van der Waals surface area contributed by atoms with E-state index >= 15 is 0 Å². The molecule has 1 fully saturated rings. The van der Waals surface area contributed by atoms with Crippen LogP contribution in [0.2, 0.25) is 0 Å². The second kappa shape index (κ2) is 11.8. The fraction of sp³-hybridized carbons (Fsp3) is 0.207. The maximum absolute atomic E-state index is 14.1. The van der Waals surface area contributed by atoms with Gasteiger partial charge in [-0.1, -0.05) is 55.1 Å². The average molecular weight is 505 g/mol. The lowest BCUT2D eigenvalue weighted by Crippen LogP contribution is -2.30. The van der Waals surface area contributed by atoms with E-state index in [2.05, 4.69) is 36.3 Å². The van der Waals surface area contributed by atoms with E-state index in [0.717, 1.165) is 23.2 Å². The van der Waals surface area contributed by atoms with Gasteiger partial charge in [0.25, 0.3) is 5.91 Å². The molecule has 7 heteroatoms. The van der Waals surface area contributed by atoms with Gasteiger partial charge in [-0.2, -0.15) is 0 Å². The van der Waals surface area contributed by atoms with Gasteiger partial charge >= 0.3 is 0 Å². The highest BCUT2D eigenvalue weighted by molar-refractivity contribution is 8.05. The maximum Gasteiger partial charge on any atom is 0.260 e. The van der Waals surface area contributed by atoms with Crippen LogP contribution in [0.5, 0.6) is 11.5 Å². The molecule has 36 heavy (non-hydrogen) atoms. The van der Waals surface area contributed by atoms with Gasteiger partial charge < -0.3 is 20.1 Å². The molecule has 4 rings (SSSR count). The van der Waals surface area contributed by atoms with Crippen molar-refractivity contribution >= 4 is 29.4 Å². The SMILES string of the molecule is C=CCc1cc(/C=C2\S[C@H](Nc3ccc(CC)cc3)NC2=O)cc(OC)c1OCc1ccccc1F. The largest absolute Gasteiger partial charge is 0.493 e. The molecule has 0 aromatic heterocycles. The highest BCUT2D eigenvalue weighted by Crippen LogP contribution is 2.37. The van der Waals surface area contributed by atoms with Crippen LogP contribution in [-0.2, 0) is 24.2 Å². The number of ether oxygens (including phenoxy) is 2. The molecule has 1 saturated heterocycles. The zero-order valence-electron chi connectivity index (χ0n) is 20.3. The minimum absolute atomic E-state index is 0.0679. The van der Waals surface area contributed by atoms with E-state index in [9.17, 15) is 9.18 Å². The number of rotatable bonds is 10. The van der Waals surface area contributed by atoms with Crippen LogP contribution in [0.15, 0.2) is 78.2 Å². The van der Waals surface area contributed by atoms with Gasteiger partial charge in [0.1, 0.15) is 12.4 Å². The second-order valence-electron chi connectivity index (χ2n) is 8.26. The van der Waals surface area contributed by atoms with Gasteiger partial charge in [-0.3, -0.25) is 4.79 Å². The van der Waals surface area contributed by atoms with E-state index in [4.69, 9.17) is 9.47 Å². The Bertz CT molecular complexity index is 1270. The van der Waals surface area contributed by atoms with Crippen LogP contribution in [0.25, 0.3) is 6.08 Å². The summed E-state index contributed by atoms with van der Waals surface area (Å²) in [5, 5.41) is 6.30. The zero-order valence-corrected chi connectivity index (χ0v) is 21.2. The molecule has 2 N–H and O–H groups in total. The Labute approximate surface area is 215 Å². The molecular formula is C29H29FN2O3S. The van der Waals surface area contributed by atoms with Crippen molar-refractivity contribution in [3.8, 4) is 11.5 Å². The van der Waals surface area contributed by atoms with Crippen LogP contribution in [0.1, 0.15) is 29.2 Å². The molecule has 0 spiro atoms. The number of hydrogen-bond donors (Lipinski definition) is 2. The van der Waals surface area contributed by atoms with E-state index in [1.165, 1.54) is 23.4 Å². The summed E-state index contributed by atoms with van der Waals surface area (Å²) in [4.78, 5) is 13.2. The van der Waals surface area contributed by atoms with Crippen molar-refractivity contribution in [1.29, 1.82) is 0 Å². The summed E-state index contributed by atoms with van der Waals surface area (Å²) in [5.74, 6) is 0.566. The Morgan fingerprint density at radius 2 is 1.92 bits per heavy atom. The van der Waals surface area contributed by atoms with E-state index in [-0.39, 0.29) is 23.8 Å². The van der Waals surface area contributed by atoms with Crippen molar-refractivity contribution in [1.82, 2.24) is 5.32 Å². The Kier molecular flexibility index (Phi) is 8.33. The molecule has 1 aliphatic heterocycles. The molecule has 1 amide bonds. The molecule has 1 atom stereocenters. The zero-order chi connectivity index (χ0) is 25.5. The first kappa shape index (κ1) is 25.4. The predicted octanol–water partition coefficient (Wildman–Crippen LogP) is 6.30. The van der Waals surface area contributed by atoms with Crippen LogP contribution >= 0.6 is 11.8 Å². The van der Waals surface area contributed by atoms with Gasteiger partial charge in [-0.25, -0.2) is 4.39 Å². The van der Waals surface area contributed by atoms with Crippen LogP contribution < -0.4 is 20.1 Å². The summed E-state index contributed by atoms with van der Waals surface area (Å²) in [6, 6.07) is 18.4. The third-order valence-corrected chi connectivity index (χ3v) is 6.79. The molecule has 186 valence electrons. The molecule has 3 aromatic rings. The quantitative estimate of drug-likeness (QED) is 0.251. The van der Waals surface area contributed by atoms with E-state index in [1.54, 1.807) is 31.4 Å². The molecule has 5 nitrogen and oxygen atoms in total. The molecule has 0 unspecified atom stereocenters. The second-order valence-corrected chi connectivity index (χ2v) is 9.41. The lowest BCUT2D eigenvalue weighted by Gasteiger charge is -2.16. The first-order valence-electron chi connectivity index (χ1n) is 11.7. The Balaban J connectivity index is 1.54. The number of nitrogens with one attached hydrogen (secondary N) is 2. The van der Waals surface area contributed by atoms with Crippen LogP contribution in [0.4, 0.5) is 10.1 Å². The third-order valence-electron chi connectivity index (χ3n) is 5.76. The van der Waals surface area contributed by atoms with Gasteiger partial charge in [0.15, 0.2) is 17.0 Å². The van der Waals surface area contributed by atoms with Crippen molar-refractivity contribution < 1.29 is 18.7 Å². The molecule has 0 aliphatic carbocycles. The number of benzene rings is 3. The molecule has 0 radical (unpaired) electrons. The maximum atomic E-state index is 14.1. The number of anilines is 1. The lowest BCUT2D eigenvalue weighted by atomic mass is 10.0. The molecule has 0 bridgehead atoms. The summed E-state index contributed by atoms with van der Waals surface area (Å²) >= 11 is 1.42. The van der Waals surface area contributed by atoms with Crippen LogP contribution in [0.3, 0.4) is 0 Å². The lowest BCUT2D eigenvalue weighted by molar-refractivity contribution is -0.116. The Morgan fingerprint density at radius 1 is 1.14 bits per heavy atom. The minimum atomic E-state index is -0.322. The summed E-state index contributed by atoms with van der Waals surface area (Å²) < 4.78 is 25.7. The topological polar surface area (TPSA) is 59.6 Å². The summed E-state index contributed by atoms with van der Waals surface area (Å²) in [7, 11) is 1.56. The average Bonchev–Trinajstić information content (AvgIpc) is 3.22. The number of thioether (sulfide) groups is 1. The number of hydrogen-bond acceptors (Lipinski definition) is 5. The van der Waals surface area contributed by atoms with Gasteiger partial charge in [0.05, 0.1) is 12.0 Å². The highest BCUT2D eigenvalue weighted by Gasteiger charge is 2.27. The molecule has 3 aromatic carbocycles. The Morgan fingerprint density at radius 3 is 2.61 bits per heavy atom. The van der Waals surface area contributed by atoms with Gasteiger partial charge in [0.2, 0.25) is 0 Å². The summed E-state index contributed by atoms with van der Waals surface area (Å²) in [6.07, 6.45) is 5.10. The van der Waals surface area contributed by atoms with Crippen LogP contribution in [-0.4, -0.2) is 18.5 Å². The predicted molar refractivity (Wildman–Crippen MR) is 145 cm³/mol. The van der Waals surface area contributed by atoms with Gasteiger partial charge in [0, 0.05) is 16.8 Å². The summed E-state index contributed by atoms with van der Waals surface area (Å²) in [6.45, 7) is 6.03. The summed E-state index contributed by atoms with van der Waals surface area (Å²) in [5.41, 5.74) is 4.02. The molecule has 0 saturated carbocycles. The fourth-order valence-electron chi connectivity index (χ4n) is 3.86. The van der Waals surface area contributed by atoms with E-state index < -0.39 is 0 Å². The van der Waals surface area contributed by atoms with Crippen molar-refractivity contribution in [2.75, 3.05) is 12.4 Å². The van der Waals surface area contributed by atoms with E-state index in [1.807, 2.05) is 30.3 Å². The third kappa shape index (κ3) is 6.10. The van der Waals surface area contributed by atoms with Gasteiger partial charge in [-0.15, -0.1) is 6.58 Å². The standard InChI is InChI=1S/C29H29FN2O3S/c1-4-8-21-15-20(16-25(34-3)27(21)35-18-22-9-6-7-10-24(22)30)17-26-28(33)32-29(36-26)31-23-13-11-19(5-2)12-14-23/h4,6-7,9-17,29,31H,1,5,8,18H2,2-3H3,(H,32,33)/b26-17-/t29-/m1/s1. The number of allylic oxidation sites excluding steroid dienone is 1. The van der Waals surface area contributed by atoms with Crippen molar-refractivity contribution in [3.63, 3.8) is 0 Å². The monoisotopic (exact) mass is 504 g/mol. The number of aryl methyl sites for hydroxylation is 1. The number of amides is 1. The van der Waals surface area contributed by atoms with Crippen LogP contribution in [0, 0.1) is 5.82 Å². The fourth-order valence-corrected chi connectivity index (χ4v) is 4.84. The number of methoxy groups -OCH3 is 1. The number of carbonyl (C=O) groups is 1. The smallest absolute Gasteiger partial charge is 0.260 e. The van der Waals surface area contributed by atoms with Gasteiger partial charge in [-0.05, 0) is 60.4 Å². The molecular weight excluding hydrogens is 475 g/mol. The minimum Gasteiger partial charge on any atom is -0.493 e.